The fourth-order valence-corrected chi connectivity index (χ4v) is 2.97. The van der Waals surface area contributed by atoms with Gasteiger partial charge in [-0.3, -0.25) is 4.79 Å². The molecule has 0 aromatic carbocycles. The summed E-state index contributed by atoms with van der Waals surface area (Å²) in [5.74, 6) is 2.13. The topological polar surface area (TPSA) is 29.1 Å². The lowest BCUT2D eigenvalue weighted by molar-refractivity contribution is -0.126. The standard InChI is InChI=1S/C15H28ClNO/c1-2-3-6-13-7-9-14(10-8-13)15(18)17-12-5-4-11-16/h13-14H,2-12H2,1H3,(H,17,18). The lowest BCUT2D eigenvalue weighted by Crippen LogP contribution is -2.33. The molecule has 0 heterocycles. The maximum absolute atomic E-state index is 11.9. The number of hydrogen-bond donors (Lipinski definition) is 1. The molecule has 0 bridgehead atoms. The number of carbonyl (C=O) groups is 1. The van der Waals surface area contributed by atoms with E-state index in [0.29, 0.717) is 5.88 Å². The van der Waals surface area contributed by atoms with E-state index in [-0.39, 0.29) is 11.8 Å². The van der Waals surface area contributed by atoms with Gasteiger partial charge in [-0.15, -0.1) is 11.6 Å². The van der Waals surface area contributed by atoms with Crippen molar-refractivity contribution in [2.24, 2.45) is 11.8 Å². The Morgan fingerprint density at radius 2 is 1.89 bits per heavy atom. The molecule has 1 fully saturated rings. The van der Waals surface area contributed by atoms with Crippen molar-refractivity contribution in [3.63, 3.8) is 0 Å². The van der Waals surface area contributed by atoms with E-state index < -0.39 is 0 Å². The van der Waals surface area contributed by atoms with Gasteiger partial charge in [-0.25, -0.2) is 0 Å². The molecule has 0 spiro atoms. The maximum atomic E-state index is 11.9. The van der Waals surface area contributed by atoms with Crippen molar-refractivity contribution >= 4 is 17.5 Å². The van der Waals surface area contributed by atoms with Crippen LogP contribution in [0.15, 0.2) is 0 Å². The van der Waals surface area contributed by atoms with Crippen molar-refractivity contribution in [3.8, 4) is 0 Å². The lowest BCUT2D eigenvalue weighted by Gasteiger charge is -2.27. The summed E-state index contributed by atoms with van der Waals surface area (Å²) in [5.41, 5.74) is 0. The largest absolute Gasteiger partial charge is 0.356 e. The number of carbonyl (C=O) groups excluding carboxylic acids is 1. The third kappa shape index (κ3) is 6.08. The van der Waals surface area contributed by atoms with E-state index in [0.717, 1.165) is 38.1 Å². The quantitative estimate of drug-likeness (QED) is 0.523. The van der Waals surface area contributed by atoms with Gasteiger partial charge in [0.05, 0.1) is 0 Å². The minimum absolute atomic E-state index is 0.276. The van der Waals surface area contributed by atoms with Crippen LogP contribution in [-0.2, 0) is 4.79 Å². The number of halogens is 1. The molecule has 1 aliphatic rings. The van der Waals surface area contributed by atoms with Crippen molar-refractivity contribution in [2.75, 3.05) is 12.4 Å². The Morgan fingerprint density at radius 1 is 1.17 bits per heavy atom. The Balaban J connectivity index is 2.11. The van der Waals surface area contributed by atoms with Crippen LogP contribution in [0.1, 0.15) is 64.7 Å². The Morgan fingerprint density at radius 3 is 2.50 bits per heavy atom. The number of rotatable bonds is 8. The molecule has 18 heavy (non-hydrogen) atoms. The van der Waals surface area contributed by atoms with Crippen LogP contribution in [-0.4, -0.2) is 18.3 Å². The van der Waals surface area contributed by atoms with E-state index in [9.17, 15) is 4.79 Å². The van der Waals surface area contributed by atoms with Crippen molar-refractivity contribution in [1.82, 2.24) is 5.32 Å². The third-order valence-electron chi connectivity index (χ3n) is 4.04. The highest BCUT2D eigenvalue weighted by atomic mass is 35.5. The van der Waals surface area contributed by atoms with Crippen LogP contribution in [0, 0.1) is 11.8 Å². The third-order valence-corrected chi connectivity index (χ3v) is 4.31. The fourth-order valence-electron chi connectivity index (χ4n) is 2.78. The second-order valence-corrected chi connectivity index (χ2v) is 5.92. The lowest BCUT2D eigenvalue weighted by atomic mass is 9.79. The first-order chi connectivity index (χ1) is 8.77. The number of nitrogens with one attached hydrogen (secondary N) is 1. The van der Waals surface area contributed by atoms with Gasteiger partial charge in [0.1, 0.15) is 0 Å². The molecule has 3 heteroatoms. The van der Waals surface area contributed by atoms with E-state index >= 15 is 0 Å². The summed E-state index contributed by atoms with van der Waals surface area (Å²) in [6.45, 7) is 3.04. The summed E-state index contributed by atoms with van der Waals surface area (Å²) in [5, 5.41) is 3.05. The average Bonchev–Trinajstić information content (AvgIpc) is 2.41. The number of alkyl halides is 1. The molecular formula is C15H28ClNO. The minimum atomic E-state index is 0.276. The predicted molar refractivity (Wildman–Crippen MR) is 77.9 cm³/mol. The van der Waals surface area contributed by atoms with E-state index in [2.05, 4.69) is 12.2 Å². The van der Waals surface area contributed by atoms with Gasteiger partial charge in [-0.2, -0.15) is 0 Å². The van der Waals surface area contributed by atoms with Crippen LogP contribution in [0.2, 0.25) is 0 Å². The van der Waals surface area contributed by atoms with Crippen molar-refractivity contribution in [3.05, 3.63) is 0 Å². The van der Waals surface area contributed by atoms with Gasteiger partial charge in [0.2, 0.25) is 5.91 Å². The SMILES string of the molecule is CCCCC1CCC(C(=O)NCCCCCl)CC1. The van der Waals surface area contributed by atoms with Crippen LogP contribution in [0.3, 0.4) is 0 Å². The Labute approximate surface area is 117 Å². The molecule has 0 radical (unpaired) electrons. The van der Waals surface area contributed by atoms with Gasteiger partial charge in [0, 0.05) is 18.3 Å². The van der Waals surface area contributed by atoms with Gasteiger partial charge in [0.25, 0.3) is 0 Å². The minimum Gasteiger partial charge on any atom is -0.356 e. The molecule has 1 saturated carbocycles. The molecular weight excluding hydrogens is 246 g/mol. The van der Waals surface area contributed by atoms with Gasteiger partial charge in [-0.05, 0) is 44.4 Å². The first-order valence-electron chi connectivity index (χ1n) is 7.61. The predicted octanol–water partition coefficient (Wildman–Crippen LogP) is 4.12. The van der Waals surface area contributed by atoms with Gasteiger partial charge in [-0.1, -0.05) is 26.2 Å². The molecule has 0 saturated heterocycles. The Kier molecular flexibility index (Phi) is 8.49. The number of amides is 1. The molecule has 1 rings (SSSR count). The smallest absolute Gasteiger partial charge is 0.223 e. The first-order valence-corrected chi connectivity index (χ1v) is 8.15. The van der Waals surface area contributed by atoms with Crippen molar-refractivity contribution < 1.29 is 4.79 Å². The van der Waals surface area contributed by atoms with Crippen molar-refractivity contribution in [2.45, 2.75) is 64.7 Å². The summed E-state index contributed by atoms with van der Waals surface area (Å²) >= 11 is 5.61. The Bertz CT molecular complexity index is 225. The normalized spacial score (nSPS) is 23.9. The first kappa shape index (κ1) is 15.8. The highest BCUT2D eigenvalue weighted by molar-refractivity contribution is 6.17. The maximum Gasteiger partial charge on any atom is 0.223 e. The molecule has 2 nitrogen and oxygen atoms in total. The highest BCUT2D eigenvalue weighted by Crippen LogP contribution is 2.31. The molecule has 0 aromatic rings. The summed E-state index contributed by atoms with van der Waals surface area (Å²) in [6, 6.07) is 0. The average molecular weight is 274 g/mol. The zero-order chi connectivity index (χ0) is 13.2. The molecule has 0 aromatic heterocycles. The van der Waals surface area contributed by atoms with E-state index in [1.54, 1.807) is 0 Å². The molecule has 0 unspecified atom stereocenters. The zero-order valence-electron chi connectivity index (χ0n) is 11.7. The van der Waals surface area contributed by atoms with Crippen LogP contribution < -0.4 is 5.32 Å². The van der Waals surface area contributed by atoms with E-state index in [4.69, 9.17) is 11.6 Å². The zero-order valence-corrected chi connectivity index (χ0v) is 12.5. The van der Waals surface area contributed by atoms with Gasteiger partial charge >= 0.3 is 0 Å². The summed E-state index contributed by atoms with van der Waals surface area (Å²) in [7, 11) is 0. The molecule has 1 aliphatic carbocycles. The number of unbranched alkanes of at least 4 members (excludes halogenated alkanes) is 2. The molecule has 1 N–H and O–H groups in total. The fraction of sp³-hybridized carbons (Fsp3) is 0.933. The number of hydrogen-bond acceptors (Lipinski definition) is 1. The van der Waals surface area contributed by atoms with Crippen LogP contribution in [0.5, 0.6) is 0 Å². The van der Waals surface area contributed by atoms with Gasteiger partial charge in [0.15, 0.2) is 0 Å². The Hall–Kier alpha value is -0.240. The molecule has 1 amide bonds. The van der Waals surface area contributed by atoms with Crippen molar-refractivity contribution in [1.29, 1.82) is 0 Å². The second-order valence-electron chi connectivity index (χ2n) is 5.55. The molecule has 0 aliphatic heterocycles. The van der Waals surface area contributed by atoms with E-state index in [1.165, 1.54) is 32.1 Å². The second kappa shape index (κ2) is 9.66. The van der Waals surface area contributed by atoms with Crippen LogP contribution >= 0.6 is 11.6 Å². The monoisotopic (exact) mass is 273 g/mol. The summed E-state index contributed by atoms with van der Waals surface area (Å²) in [4.78, 5) is 11.9. The highest BCUT2D eigenvalue weighted by Gasteiger charge is 2.25. The van der Waals surface area contributed by atoms with E-state index in [1.807, 2.05) is 0 Å². The van der Waals surface area contributed by atoms with Gasteiger partial charge < -0.3 is 5.32 Å². The van der Waals surface area contributed by atoms with Crippen LogP contribution in [0.4, 0.5) is 0 Å². The summed E-state index contributed by atoms with van der Waals surface area (Å²) in [6.07, 6.45) is 10.7. The molecule has 106 valence electrons. The van der Waals surface area contributed by atoms with Crippen LogP contribution in [0.25, 0.3) is 0 Å². The molecule has 0 atom stereocenters. The summed E-state index contributed by atoms with van der Waals surface area (Å²) < 4.78 is 0.